The molecule has 0 aromatic heterocycles. The highest BCUT2D eigenvalue weighted by Crippen LogP contribution is 2.23. The predicted molar refractivity (Wildman–Crippen MR) is 73.7 cm³/mol. The summed E-state index contributed by atoms with van der Waals surface area (Å²) in [7, 11) is 0. The van der Waals surface area contributed by atoms with E-state index in [1.807, 2.05) is 0 Å². The first-order valence-electron chi connectivity index (χ1n) is 6.29. The van der Waals surface area contributed by atoms with Crippen molar-refractivity contribution in [2.45, 2.75) is 33.0 Å². The largest absolute Gasteiger partial charge is 0.424 e. The van der Waals surface area contributed by atoms with Crippen molar-refractivity contribution in [2.24, 2.45) is 5.92 Å². The third-order valence-corrected chi connectivity index (χ3v) is 3.11. The van der Waals surface area contributed by atoms with Crippen molar-refractivity contribution in [3.05, 3.63) is 35.8 Å². The number of hydrogen-bond donors (Lipinski definition) is 1. The number of fused-ring (bicyclic) bond motifs is 1. The first-order valence-corrected chi connectivity index (χ1v) is 6.29. The Labute approximate surface area is 99.1 Å². The van der Waals surface area contributed by atoms with Gasteiger partial charge in [-0.25, -0.2) is 0 Å². The summed E-state index contributed by atoms with van der Waals surface area (Å²) in [5.74, 6) is 3.11. The van der Waals surface area contributed by atoms with Gasteiger partial charge >= 0.3 is 0 Å². The summed E-state index contributed by atoms with van der Waals surface area (Å²) in [4.78, 5) is 0. The van der Waals surface area contributed by atoms with E-state index in [4.69, 9.17) is 0 Å². The Bertz CT molecular complexity index is 371. The zero-order valence-corrected chi connectivity index (χ0v) is 10.2. The van der Waals surface area contributed by atoms with Crippen LogP contribution in [0.3, 0.4) is 0 Å². The molecule has 84 valence electrons. The fourth-order valence-corrected chi connectivity index (χ4v) is 2.16. The fraction of sp³-hybridized carbons (Fsp3) is 0.429. The average Bonchev–Trinajstić information content (AvgIpc) is 2.28. The minimum absolute atomic E-state index is 0.522. The highest BCUT2D eigenvalue weighted by atomic mass is 14.8. The van der Waals surface area contributed by atoms with Crippen LogP contribution in [0.5, 0.6) is 0 Å². The molecular formula is C14H20BN. The molecule has 1 N–H and O–H groups in total. The van der Waals surface area contributed by atoms with Crippen LogP contribution in [-0.2, 0) is 0 Å². The SMILES string of the molecule is CC(C)CCCB1C=Cc2ccccc2N1. The van der Waals surface area contributed by atoms with Crippen molar-refractivity contribution in [2.75, 3.05) is 5.23 Å². The second-order valence-electron chi connectivity index (χ2n) is 5.02. The topological polar surface area (TPSA) is 12.0 Å². The molecule has 0 radical (unpaired) electrons. The molecule has 0 aliphatic carbocycles. The number of benzene rings is 1. The van der Waals surface area contributed by atoms with Gasteiger partial charge in [0.2, 0.25) is 0 Å². The molecule has 1 aromatic carbocycles. The third kappa shape index (κ3) is 2.91. The third-order valence-electron chi connectivity index (χ3n) is 3.11. The van der Waals surface area contributed by atoms with Gasteiger partial charge in [-0.2, -0.15) is 0 Å². The van der Waals surface area contributed by atoms with Gasteiger partial charge in [0.15, 0.2) is 0 Å². The normalized spacial score (nSPS) is 13.8. The molecule has 1 aromatic rings. The fourth-order valence-electron chi connectivity index (χ4n) is 2.16. The first kappa shape index (κ1) is 11.3. The molecule has 1 aliphatic rings. The van der Waals surface area contributed by atoms with Gasteiger partial charge < -0.3 is 5.23 Å². The molecule has 2 rings (SSSR count). The maximum atomic E-state index is 3.58. The lowest BCUT2D eigenvalue weighted by Crippen LogP contribution is -2.25. The number of anilines is 1. The number of nitrogens with one attached hydrogen (secondary N) is 1. The quantitative estimate of drug-likeness (QED) is 0.742. The highest BCUT2D eigenvalue weighted by Gasteiger charge is 2.15. The molecule has 0 fully saturated rings. The summed E-state index contributed by atoms with van der Waals surface area (Å²) in [5, 5.41) is 3.58. The monoisotopic (exact) mass is 213 g/mol. The van der Waals surface area contributed by atoms with Gasteiger partial charge in [-0.05, 0) is 23.9 Å². The van der Waals surface area contributed by atoms with Crippen LogP contribution < -0.4 is 5.23 Å². The molecule has 0 saturated carbocycles. The van der Waals surface area contributed by atoms with Gasteiger partial charge in [0.25, 0.3) is 6.85 Å². The molecule has 0 spiro atoms. The Hall–Kier alpha value is -1.18. The first-order chi connectivity index (χ1) is 7.75. The maximum absolute atomic E-state index is 3.58. The lowest BCUT2D eigenvalue weighted by atomic mass is 9.56. The average molecular weight is 213 g/mol. The van der Waals surface area contributed by atoms with Crippen molar-refractivity contribution in [3.63, 3.8) is 0 Å². The summed E-state index contributed by atoms with van der Waals surface area (Å²) >= 11 is 0. The molecule has 1 aliphatic heterocycles. The Balaban J connectivity index is 1.88. The van der Waals surface area contributed by atoms with Crippen LogP contribution in [0, 0.1) is 5.92 Å². The Morgan fingerprint density at radius 2 is 2.06 bits per heavy atom. The summed E-state index contributed by atoms with van der Waals surface area (Å²) < 4.78 is 0. The Morgan fingerprint density at radius 3 is 2.88 bits per heavy atom. The molecule has 1 nitrogen and oxygen atoms in total. The molecule has 0 atom stereocenters. The molecule has 16 heavy (non-hydrogen) atoms. The highest BCUT2D eigenvalue weighted by molar-refractivity contribution is 6.69. The summed E-state index contributed by atoms with van der Waals surface area (Å²) in [5.41, 5.74) is 2.59. The van der Waals surface area contributed by atoms with Crippen LogP contribution in [0.25, 0.3) is 6.08 Å². The van der Waals surface area contributed by atoms with Gasteiger partial charge in [-0.15, -0.1) is 0 Å². The second kappa shape index (κ2) is 5.24. The van der Waals surface area contributed by atoms with Crippen LogP contribution in [0.15, 0.2) is 30.2 Å². The van der Waals surface area contributed by atoms with Crippen molar-refractivity contribution in [1.29, 1.82) is 0 Å². The second-order valence-corrected chi connectivity index (χ2v) is 5.02. The molecule has 2 heteroatoms. The van der Waals surface area contributed by atoms with Gasteiger partial charge in [-0.3, -0.25) is 0 Å². The molecule has 1 heterocycles. The molecule has 0 bridgehead atoms. The van der Waals surface area contributed by atoms with E-state index in [-0.39, 0.29) is 0 Å². The predicted octanol–water partition coefficient (Wildman–Crippen LogP) is 4.09. The van der Waals surface area contributed by atoms with Crippen molar-refractivity contribution in [1.82, 2.24) is 0 Å². The Kier molecular flexibility index (Phi) is 3.71. The van der Waals surface area contributed by atoms with Gasteiger partial charge in [0.1, 0.15) is 0 Å². The number of para-hydroxylation sites is 1. The minimum atomic E-state index is 0.522. The zero-order valence-electron chi connectivity index (χ0n) is 10.2. The van der Waals surface area contributed by atoms with Crippen molar-refractivity contribution >= 4 is 18.6 Å². The zero-order chi connectivity index (χ0) is 11.4. The van der Waals surface area contributed by atoms with Crippen LogP contribution in [-0.4, -0.2) is 6.85 Å². The molecule has 0 amide bonds. The van der Waals surface area contributed by atoms with Crippen LogP contribution in [0.1, 0.15) is 32.3 Å². The minimum Gasteiger partial charge on any atom is -0.424 e. The van der Waals surface area contributed by atoms with Gasteiger partial charge in [-0.1, -0.05) is 56.9 Å². The van der Waals surface area contributed by atoms with E-state index in [9.17, 15) is 0 Å². The maximum Gasteiger partial charge on any atom is 0.278 e. The Morgan fingerprint density at radius 1 is 1.25 bits per heavy atom. The standard InChI is InChI=1S/C14H20BN/c1-12(2)6-5-10-15-11-9-13-7-3-4-8-14(13)16-15/h3-4,7-9,11-12,16H,5-6,10H2,1-2H3. The number of hydrogen-bond acceptors (Lipinski definition) is 1. The van der Waals surface area contributed by atoms with E-state index in [0.717, 1.165) is 5.92 Å². The number of rotatable bonds is 4. The summed E-state index contributed by atoms with van der Waals surface area (Å²) in [6.45, 7) is 5.10. The van der Waals surface area contributed by atoms with E-state index < -0.39 is 0 Å². The van der Waals surface area contributed by atoms with Crippen LogP contribution in [0.2, 0.25) is 6.32 Å². The summed E-state index contributed by atoms with van der Waals surface area (Å²) in [6.07, 6.45) is 6.12. The molecule has 0 unspecified atom stereocenters. The van der Waals surface area contributed by atoms with E-state index in [1.54, 1.807) is 0 Å². The van der Waals surface area contributed by atoms with E-state index in [2.05, 4.69) is 55.4 Å². The van der Waals surface area contributed by atoms with Gasteiger partial charge in [0.05, 0.1) is 0 Å². The lowest BCUT2D eigenvalue weighted by Gasteiger charge is -2.19. The summed E-state index contributed by atoms with van der Waals surface area (Å²) in [6, 6.07) is 8.50. The van der Waals surface area contributed by atoms with Crippen molar-refractivity contribution < 1.29 is 0 Å². The van der Waals surface area contributed by atoms with E-state index in [1.165, 1.54) is 30.4 Å². The van der Waals surface area contributed by atoms with E-state index >= 15 is 0 Å². The van der Waals surface area contributed by atoms with Crippen LogP contribution >= 0.6 is 0 Å². The van der Waals surface area contributed by atoms with E-state index in [0.29, 0.717) is 6.85 Å². The smallest absolute Gasteiger partial charge is 0.278 e. The lowest BCUT2D eigenvalue weighted by molar-refractivity contribution is 0.575. The van der Waals surface area contributed by atoms with Crippen LogP contribution in [0.4, 0.5) is 5.69 Å². The van der Waals surface area contributed by atoms with Gasteiger partial charge in [0, 0.05) is 5.69 Å². The molecular weight excluding hydrogens is 193 g/mol. The van der Waals surface area contributed by atoms with Crippen molar-refractivity contribution in [3.8, 4) is 0 Å². The molecule has 0 saturated heterocycles.